The summed E-state index contributed by atoms with van der Waals surface area (Å²) in [6.45, 7) is 8.12. The molecule has 2 aromatic rings. The van der Waals surface area contributed by atoms with Gasteiger partial charge < -0.3 is 10.2 Å². The molecule has 0 aliphatic carbocycles. The molecule has 0 fully saturated rings. The molecule has 0 saturated heterocycles. The van der Waals surface area contributed by atoms with Gasteiger partial charge in [-0.15, -0.1) is 0 Å². The minimum absolute atomic E-state index is 0.574. The van der Waals surface area contributed by atoms with Crippen molar-refractivity contribution in [1.82, 2.24) is 24.5 Å². The van der Waals surface area contributed by atoms with Crippen molar-refractivity contribution in [2.45, 2.75) is 27.2 Å². The molecule has 2 rings (SSSR count). The third-order valence-corrected chi connectivity index (χ3v) is 3.07. The highest BCUT2D eigenvalue weighted by Crippen LogP contribution is 2.13. The quantitative estimate of drug-likeness (QED) is 0.840. The van der Waals surface area contributed by atoms with Gasteiger partial charge in [0.1, 0.15) is 6.33 Å². The minimum Gasteiger partial charge on any atom is -0.354 e. The molecule has 114 valence electrons. The Hall–Kier alpha value is -2.18. The molecule has 0 atom stereocenters. The summed E-state index contributed by atoms with van der Waals surface area (Å²) in [6, 6.07) is 0. The maximum Gasteiger partial charge on any atom is 0.241 e. The van der Waals surface area contributed by atoms with E-state index in [1.807, 2.05) is 20.2 Å². The number of hydrogen-bond donors (Lipinski definition) is 1. The second kappa shape index (κ2) is 7.01. The number of nitrogens with one attached hydrogen (secondary N) is 1. The van der Waals surface area contributed by atoms with Gasteiger partial charge in [-0.3, -0.25) is 4.57 Å². The molecular weight excluding hydrogens is 266 g/mol. The lowest BCUT2D eigenvalue weighted by Crippen LogP contribution is -2.24. The Kier molecular flexibility index (Phi) is 5.08. The number of aromatic nitrogens is 5. The average Bonchev–Trinajstić information content (AvgIpc) is 2.99. The van der Waals surface area contributed by atoms with Gasteiger partial charge in [-0.1, -0.05) is 13.8 Å². The molecular formula is C14H23N7. The maximum absolute atomic E-state index is 4.52. The van der Waals surface area contributed by atoms with Gasteiger partial charge in [0, 0.05) is 32.5 Å². The zero-order valence-electron chi connectivity index (χ0n) is 13.1. The zero-order valence-corrected chi connectivity index (χ0v) is 13.1. The monoisotopic (exact) mass is 289 g/mol. The van der Waals surface area contributed by atoms with Crippen LogP contribution in [0.1, 0.15) is 27.2 Å². The topological polar surface area (TPSA) is 71.8 Å². The highest BCUT2D eigenvalue weighted by Gasteiger charge is 2.11. The molecule has 0 bridgehead atoms. The predicted octanol–water partition coefficient (Wildman–Crippen LogP) is 1.97. The third-order valence-electron chi connectivity index (χ3n) is 3.07. The Morgan fingerprint density at radius 1 is 1.29 bits per heavy atom. The molecule has 0 aromatic carbocycles. The van der Waals surface area contributed by atoms with Crippen molar-refractivity contribution in [3.63, 3.8) is 0 Å². The first-order valence-corrected chi connectivity index (χ1v) is 7.29. The van der Waals surface area contributed by atoms with Crippen LogP contribution in [0.2, 0.25) is 0 Å². The molecule has 0 radical (unpaired) electrons. The Bertz CT molecular complexity index is 550. The molecule has 0 saturated carbocycles. The van der Waals surface area contributed by atoms with Crippen molar-refractivity contribution < 1.29 is 0 Å². The van der Waals surface area contributed by atoms with E-state index in [4.69, 9.17) is 0 Å². The fraction of sp³-hybridized carbons (Fsp3) is 0.571. The van der Waals surface area contributed by atoms with Crippen LogP contribution in [0, 0.1) is 5.92 Å². The fourth-order valence-electron chi connectivity index (χ4n) is 1.81. The van der Waals surface area contributed by atoms with E-state index in [9.17, 15) is 0 Å². The largest absolute Gasteiger partial charge is 0.354 e. The van der Waals surface area contributed by atoms with Crippen LogP contribution in [0.4, 0.5) is 11.9 Å². The van der Waals surface area contributed by atoms with Crippen LogP contribution in [0.15, 0.2) is 18.7 Å². The first kappa shape index (κ1) is 15.2. The lowest BCUT2D eigenvalue weighted by atomic mass is 10.1. The number of rotatable bonds is 7. The van der Waals surface area contributed by atoms with Crippen molar-refractivity contribution in [2.75, 3.05) is 30.4 Å². The third kappa shape index (κ3) is 4.14. The number of imidazole rings is 1. The van der Waals surface area contributed by atoms with Crippen molar-refractivity contribution in [3.8, 4) is 5.95 Å². The molecule has 1 N–H and O–H groups in total. The van der Waals surface area contributed by atoms with Crippen molar-refractivity contribution in [2.24, 2.45) is 5.92 Å². The average molecular weight is 289 g/mol. The van der Waals surface area contributed by atoms with E-state index in [2.05, 4.69) is 44.0 Å². The summed E-state index contributed by atoms with van der Waals surface area (Å²) in [7, 11) is 2.01. The van der Waals surface area contributed by atoms with Crippen LogP contribution in [-0.4, -0.2) is 44.6 Å². The van der Waals surface area contributed by atoms with E-state index < -0.39 is 0 Å². The molecule has 7 nitrogen and oxygen atoms in total. The first-order valence-electron chi connectivity index (χ1n) is 7.29. The summed E-state index contributed by atoms with van der Waals surface area (Å²) in [5.74, 6) is 2.48. The Morgan fingerprint density at radius 2 is 2.10 bits per heavy atom. The number of nitrogens with zero attached hydrogens (tertiary/aromatic N) is 6. The second-order valence-corrected chi connectivity index (χ2v) is 5.36. The van der Waals surface area contributed by atoms with Gasteiger partial charge in [-0.2, -0.15) is 15.0 Å². The molecule has 2 heterocycles. The van der Waals surface area contributed by atoms with Crippen LogP contribution >= 0.6 is 0 Å². The van der Waals surface area contributed by atoms with Gasteiger partial charge >= 0.3 is 0 Å². The Labute approximate surface area is 125 Å². The van der Waals surface area contributed by atoms with Crippen LogP contribution in [0.3, 0.4) is 0 Å². The highest BCUT2D eigenvalue weighted by atomic mass is 15.3. The van der Waals surface area contributed by atoms with Crippen molar-refractivity contribution >= 4 is 11.9 Å². The van der Waals surface area contributed by atoms with Crippen molar-refractivity contribution in [1.29, 1.82) is 0 Å². The minimum atomic E-state index is 0.574. The van der Waals surface area contributed by atoms with Gasteiger partial charge in [0.2, 0.25) is 17.8 Å². The van der Waals surface area contributed by atoms with Crippen molar-refractivity contribution in [3.05, 3.63) is 18.7 Å². The summed E-state index contributed by atoms with van der Waals surface area (Å²) in [5.41, 5.74) is 0. The number of anilines is 2. The Morgan fingerprint density at radius 3 is 2.71 bits per heavy atom. The van der Waals surface area contributed by atoms with Gasteiger partial charge in [-0.25, -0.2) is 4.98 Å². The van der Waals surface area contributed by atoms with Gasteiger partial charge in [0.05, 0.1) is 0 Å². The first-order chi connectivity index (χ1) is 10.1. The second-order valence-electron chi connectivity index (χ2n) is 5.36. The standard InChI is InChI=1S/C14H23N7/c1-5-16-12-17-13(20(4)8-6-11(2)3)19-14(18-12)21-9-7-15-10-21/h7,9-11H,5-6,8H2,1-4H3,(H,16,17,18,19). The lowest BCUT2D eigenvalue weighted by Gasteiger charge is -2.19. The van der Waals surface area contributed by atoms with E-state index in [0.717, 1.165) is 19.5 Å². The normalized spacial score (nSPS) is 10.9. The van der Waals surface area contributed by atoms with Crippen LogP contribution in [0.5, 0.6) is 0 Å². The lowest BCUT2D eigenvalue weighted by molar-refractivity contribution is 0.581. The highest BCUT2D eigenvalue weighted by molar-refractivity contribution is 5.39. The fourth-order valence-corrected chi connectivity index (χ4v) is 1.81. The molecule has 0 amide bonds. The molecule has 0 unspecified atom stereocenters. The molecule has 7 heteroatoms. The van der Waals surface area contributed by atoms with E-state index in [0.29, 0.717) is 23.8 Å². The summed E-state index contributed by atoms with van der Waals surface area (Å²) in [6.07, 6.45) is 6.31. The molecule has 0 aliphatic heterocycles. The van der Waals surface area contributed by atoms with E-state index >= 15 is 0 Å². The van der Waals surface area contributed by atoms with Crippen LogP contribution < -0.4 is 10.2 Å². The van der Waals surface area contributed by atoms with E-state index in [1.54, 1.807) is 17.1 Å². The summed E-state index contributed by atoms with van der Waals surface area (Å²) in [4.78, 5) is 19.5. The van der Waals surface area contributed by atoms with E-state index in [-0.39, 0.29) is 0 Å². The zero-order chi connectivity index (χ0) is 15.2. The van der Waals surface area contributed by atoms with Crippen LogP contribution in [-0.2, 0) is 0 Å². The summed E-state index contributed by atoms with van der Waals surface area (Å²) < 4.78 is 1.78. The van der Waals surface area contributed by atoms with Gasteiger partial charge in [0.25, 0.3) is 0 Å². The Balaban J connectivity index is 2.27. The number of hydrogen-bond acceptors (Lipinski definition) is 6. The molecule has 0 spiro atoms. The maximum atomic E-state index is 4.52. The van der Waals surface area contributed by atoms with Gasteiger partial charge in [-0.05, 0) is 19.3 Å². The van der Waals surface area contributed by atoms with E-state index in [1.165, 1.54) is 0 Å². The van der Waals surface area contributed by atoms with Crippen LogP contribution in [0.25, 0.3) is 5.95 Å². The molecule has 2 aromatic heterocycles. The molecule has 21 heavy (non-hydrogen) atoms. The van der Waals surface area contributed by atoms with Gasteiger partial charge in [0.15, 0.2) is 0 Å². The summed E-state index contributed by atoms with van der Waals surface area (Å²) in [5, 5.41) is 3.15. The molecule has 0 aliphatic rings. The predicted molar refractivity (Wildman–Crippen MR) is 83.8 cm³/mol. The smallest absolute Gasteiger partial charge is 0.241 e. The SMILES string of the molecule is CCNc1nc(N(C)CCC(C)C)nc(-n2ccnc2)n1. The summed E-state index contributed by atoms with van der Waals surface area (Å²) >= 11 is 0.